The molecule has 0 spiro atoms. The van der Waals surface area contributed by atoms with Crippen molar-refractivity contribution >= 4 is 6.47 Å². The van der Waals surface area contributed by atoms with Crippen LogP contribution >= 0.6 is 0 Å². The van der Waals surface area contributed by atoms with Crippen LogP contribution in [0, 0.1) is 42.4 Å². The van der Waals surface area contributed by atoms with Crippen molar-refractivity contribution in [1.82, 2.24) is 9.88 Å². The molecule has 0 unspecified atom stereocenters. The highest BCUT2D eigenvalue weighted by Gasteiger charge is 2.19. The number of nitrogens with zero attached hydrogens (tertiary/aromatic N) is 4. The van der Waals surface area contributed by atoms with E-state index in [0.29, 0.717) is 41.6 Å². The van der Waals surface area contributed by atoms with E-state index in [-0.39, 0.29) is 19.7 Å². The first-order valence-corrected chi connectivity index (χ1v) is 15.8. The number of ether oxygens (including phenoxy) is 4. The number of fused-ring (bicyclic) bond motifs is 1. The van der Waals surface area contributed by atoms with E-state index >= 15 is 0 Å². The lowest BCUT2D eigenvalue weighted by molar-refractivity contribution is -0.122. The number of aryl methyl sites for hydroxylation is 1. The molecule has 1 fully saturated rings. The Morgan fingerprint density at radius 1 is 0.898 bits per heavy atom. The minimum atomic E-state index is -0.250. The summed E-state index contributed by atoms with van der Waals surface area (Å²) in [7, 11) is 0. The second kappa shape index (κ2) is 18.4. The van der Waals surface area contributed by atoms with Crippen molar-refractivity contribution in [2.75, 3.05) is 26.3 Å². The number of hydrogen-bond acceptors (Lipinski definition) is 9. The van der Waals surface area contributed by atoms with Crippen molar-refractivity contribution in [2.45, 2.75) is 45.9 Å². The first-order valence-electron chi connectivity index (χ1n) is 15.8. The SMILES string of the molecule is C#C.Cc1cc(CN2CCCCC2)c(OCc2cncc(C#N)c2)cc1OCc1cccc(-c2ccc3c(c2)OCCO3)c1C#N.O=CO. The van der Waals surface area contributed by atoms with Crippen LogP contribution in [0.25, 0.3) is 11.1 Å². The average Bonchev–Trinajstić information content (AvgIpc) is 3.15. The van der Waals surface area contributed by atoms with Crippen LogP contribution in [0.2, 0.25) is 0 Å². The van der Waals surface area contributed by atoms with Crippen LogP contribution in [-0.4, -0.2) is 47.8 Å². The number of terminal acetylenes is 1. The molecule has 1 saturated heterocycles. The van der Waals surface area contributed by atoms with E-state index in [1.807, 2.05) is 49.4 Å². The first kappa shape index (κ1) is 35.8. The van der Waals surface area contributed by atoms with Crippen molar-refractivity contribution in [2.24, 2.45) is 0 Å². The molecule has 0 radical (unpaired) electrons. The maximum Gasteiger partial charge on any atom is 0.290 e. The molecule has 3 heterocycles. The molecule has 0 bridgehead atoms. The van der Waals surface area contributed by atoms with Crippen LogP contribution < -0.4 is 18.9 Å². The van der Waals surface area contributed by atoms with E-state index in [9.17, 15) is 10.5 Å². The molecule has 0 atom stereocenters. The first-order chi connectivity index (χ1) is 24.0. The molecule has 0 saturated carbocycles. The fourth-order valence-electron chi connectivity index (χ4n) is 5.75. The zero-order valence-corrected chi connectivity index (χ0v) is 27.4. The molecule has 49 heavy (non-hydrogen) atoms. The van der Waals surface area contributed by atoms with Gasteiger partial charge >= 0.3 is 0 Å². The quantitative estimate of drug-likeness (QED) is 0.153. The molecule has 0 aliphatic carbocycles. The minimum Gasteiger partial charge on any atom is -0.488 e. The highest BCUT2D eigenvalue weighted by atomic mass is 16.6. The second-order valence-corrected chi connectivity index (χ2v) is 11.2. The van der Waals surface area contributed by atoms with Gasteiger partial charge in [-0.2, -0.15) is 10.5 Å². The second-order valence-electron chi connectivity index (χ2n) is 11.2. The molecule has 3 aromatic carbocycles. The number of nitriles is 2. The van der Waals surface area contributed by atoms with Gasteiger partial charge in [-0.05, 0) is 73.8 Å². The number of carbonyl (C=O) groups is 1. The summed E-state index contributed by atoms with van der Waals surface area (Å²) in [6.45, 7) is 6.26. The summed E-state index contributed by atoms with van der Waals surface area (Å²) in [4.78, 5) is 15.0. The van der Waals surface area contributed by atoms with Gasteiger partial charge in [0.05, 0.1) is 11.1 Å². The highest BCUT2D eigenvalue weighted by molar-refractivity contribution is 5.74. The van der Waals surface area contributed by atoms with Gasteiger partial charge in [0, 0.05) is 41.7 Å². The molecule has 2 aliphatic heterocycles. The fraction of sp³-hybridized carbons (Fsp3) is 0.282. The third kappa shape index (κ3) is 9.51. The maximum atomic E-state index is 10.2. The lowest BCUT2D eigenvalue weighted by Gasteiger charge is -2.27. The monoisotopic (exact) mass is 658 g/mol. The van der Waals surface area contributed by atoms with E-state index < -0.39 is 0 Å². The average molecular weight is 659 g/mol. The molecule has 6 rings (SSSR count). The lowest BCUT2D eigenvalue weighted by Crippen LogP contribution is -2.29. The maximum absolute atomic E-state index is 10.2. The lowest BCUT2D eigenvalue weighted by atomic mass is 9.96. The molecular weight excluding hydrogens is 620 g/mol. The molecule has 10 nitrogen and oxygen atoms in total. The molecule has 4 aromatic rings. The Labute approximate surface area is 287 Å². The third-order valence-corrected chi connectivity index (χ3v) is 8.02. The smallest absolute Gasteiger partial charge is 0.290 e. The number of benzene rings is 3. The highest BCUT2D eigenvalue weighted by Crippen LogP contribution is 2.37. The fourth-order valence-corrected chi connectivity index (χ4v) is 5.75. The van der Waals surface area contributed by atoms with Gasteiger partial charge in [0.1, 0.15) is 50.1 Å². The van der Waals surface area contributed by atoms with Crippen molar-refractivity contribution in [1.29, 1.82) is 10.5 Å². The Balaban J connectivity index is 0.00000103. The number of rotatable bonds is 9. The number of piperidine rings is 1. The van der Waals surface area contributed by atoms with Gasteiger partial charge in [0.2, 0.25) is 0 Å². The zero-order valence-electron chi connectivity index (χ0n) is 27.4. The van der Waals surface area contributed by atoms with Crippen LogP contribution in [0.15, 0.2) is 67.0 Å². The van der Waals surface area contributed by atoms with Crippen molar-refractivity contribution in [3.8, 4) is 59.1 Å². The summed E-state index contributed by atoms with van der Waals surface area (Å²) >= 11 is 0. The van der Waals surface area contributed by atoms with Gasteiger partial charge in [-0.25, -0.2) is 0 Å². The summed E-state index contributed by atoms with van der Waals surface area (Å²) < 4.78 is 24.2. The van der Waals surface area contributed by atoms with Gasteiger partial charge in [-0.1, -0.05) is 30.7 Å². The predicted molar refractivity (Wildman–Crippen MR) is 184 cm³/mol. The predicted octanol–water partition coefficient (Wildman–Crippen LogP) is 6.67. The number of aromatic nitrogens is 1. The van der Waals surface area contributed by atoms with Gasteiger partial charge in [-0.15, -0.1) is 12.8 Å². The van der Waals surface area contributed by atoms with Crippen molar-refractivity contribution in [3.63, 3.8) is 0 Å². The zero-order chi connectivity index (χ0) is 35.0. The summed E-state index contributed by atoms with van der Waals surface area (Å²) in [6.07, 6.45) is 14.9. The normalized spacial score (nSPS) is 13.2. The largest absolute Gasteiger partial charge is 0.488 e. The number of likely N-dealkylation sites (tertiary alicyclic amines) is 1. The van der Waals surface area contributed by atoms with E-state index in [4.69, 9.17) is 28.8 Å². The van der Waals surface area contributed by atoms with Crippen molar-refractivity contribution in [3.05, 3.63) is 100 Å². The summed E-state index contributed by atoms with van der Waals surface area (Å²) in [5.41, 5.74) is 6.47. The van der Waals surface area contributed by atoms with E-state index in [2.05, 4.69) is 40.9 Å². The van der Waals surface area contributed by atoms with Crippen LogP contribution in [-0.2, 0) is 24.6 Å². The summed E-state index contributed by atoms with van der Waals surface area (Å²) in [5, 5.41) is 26.4. The van der Waals surface area contributed by atoms with Gasteiger partial charge in [-0.3, -0.25) is 14.7 Å². The van der Waals surface area contributed by atoms with Crippen LogP contribution in [0.3, 0.4) is 0 Å². The van der Waals surface area contributed by atoms with Gasteiger partial charge in [0.15, 0.2) is 11.5 Å². The summed E-state index contributed by atoms with van der Waals surface area (Å²) in [5.74, 6) is 2.83. The van der Waals surface area contributed by atoms with E-state index in [0.717, 1.165) is 58.8 Å². The Bertz CT molecular complexity index is 1840. The van der Waals surface area contributed by atoms with Crippen LogP contribution in [0.5, 0.6) is 23.0 Å². The number of hydrogen-bond donors (Lipinski definition) is 1. The summed E-state index contributed by atoms with van der Waals surface area (Å²) in [6, 6.07) is 22.0. The van der Waals surface area contributed by atoms with Crippen molar-refractivity contribution < 1.29 is 28.8 Å². The number of carboxylic acid groups (broad SMARTS) is 1. The standard InChI is InChI=1S/C36H34N4O4.C2H2.CH2O2/c1-25-14-30(22-40-10-3-2-4-11-40)35(43-23-27-15-26(18-37)20-39-21-27)17-34(25)44-24-29-6-5-7-31(32(29)19-38)28-8-9-33-36(16-28)42-13-12-41-33;1-2;2-1-3/h5-9,14-17,20-21H,2-4,10-13,22-24H2,1H3;1-2H;1H,(H,2,3). The van der Waals surface area contributed by atoms with E-state index in [1.54, 1.807) is 18.5 Å². The molecular formula is C39H38N4O6. The Hall–Kier alpha value is -6.02. The third-order valence-electron chi connectivity index (χ3n) is 8.02. The molecule has 10 heteroatoms. The van der Waals surface area contributed by atoms with Crippen LogP contribution in [0.4, 0.5) is 0 Å². The Kier molecular flexibility index (Phi) is 13.4. The van der Waals surface area contributed by atoms with E-state index in [1.165, 1.54) is 19.3 Å². The number of pyridine rings is 1. The minimum absolute atomic E-state index is 0.223. The Morgan fingerprint density at radius 2 is 1.63 bits per heavy atom. The molecule has 0 amide bonds. The van der Waals surface area contributed by atoms with Gasteiger partial charge < -0.3 is 24.1 Å². The molecule has 1 aromatic heterocycles. The molecule has 250 valence electrons. The topological polar surface area (TPSA) is 138 Å². The van der Waals surface area contributed by atoms with Gasteiger partial charge in [0.25, 0.3) is 6.47 Å². The van der Waals surface area contributed by atoms with Crippen LogP contribution in [0.1, 0.15) is 52.6 Å². The Morgan fingerprint density at radius 3 is 2.37 bits per heavy atom. The molecule has 1 N–H and O–H groups in total. The molecule has 2 aliphatic rings.